The molecule has 0 saturated carbocycles. The van der Waals surface area contributed by atoms with E-state index in [1.807, 2.05) is 0 Å². The van der Waals surface area contributed by atoms with Gasteiger partial charge >= 0.3 is 0 Å². The molecule has 2 aliphatic heterocycles. The Labute approximate surface area is 110 Å². The van der Waals surface area contributed by atoms with Crippen LogP contribution in [0, 0.1) is 5.82 Å². The van der Waals surface area contributed by atoms with E-state index in [0.29, 0.717) is 10.8 Å². The van der Waals surface area contributed by atoms with Gasteiger partial charge in [-0.15, -0.1) is 0 Å². The zero-order valence-corrected chi connectivity index (χ0v) is 11.0. The van der Waals surface area contributed by atoms with Gasteiger partial charge in [0.15, 0.2) is 16.6 Å². The number of fused-ring (bicyclic) bond motifs is 1. The molecule has 2 heterocycles. The topological polar surface area (TPSA) is 52.6 Å². The summed E-state index contributed by atoms with van der Waals surface area (Å²) in [6.45, 7) is 0. The molecule has 96 valence electrons. The van der Waals surface area contributed by atoms with Crippen molar-refractivity contribution in [1.82, 2.24) is 5.32 Å². The number of thiocarbonyl (C=S) groups is 1. The highest BCUT2D eigenvalue weighted by atomic mass is 32.3. The van der Waals surface area contributed by atoms with Crippen LogP contribution in [-0.4, -0.2) is 33.3 Å². The second-order valence-electron chi connectivity index (χ2n) is 4.58. The number of hydrogen-bond donors (Lipinski definition) is 2. The number of hydrogen-bond acceptors (Lipinski definition) is 2. The Bertz CT molecular complexity index is 566. The standard InChI is InChI=1S/C11H11FN2O2S2/c12-7-2-1-3-8(4-7)14-10-6-18(15,16)5-9(10)13-11(14)17/h1-4,9-10H,5-6H2,(H-,13,15,16,17)/p+1/t9-,10-/m0/s1. The third-order valence-corrected chi connectivity index (χ3v) is 5.34. The summed E-state index contributed by atoms with van der Waals surface area (Å²) in [6.07, 6.45) is 0. The van der Waals surface area contributed by atoms with E-state index in [9.17, 15) is 13.2 Å². The molecule has 0 aromatic heterocycles. The predicted octanol–water partition coefficient (Wildman–Crippen LogP) is 1.24. The fourth-order valence-corrected chi connectivity index (χ4v) is 4.86. The maximum atomic E-state index is 13.2. The van der Waals surface area contributed by atoms with Crippen LogP contribution in [0.1, 0.15) is 0 Å². The van der Waals surface area contributed by atoms with Crippen molar-refractivity contribution < 1.29 is 13.2 Å². The molecule has 0 amide bonds. The minimum atomic E-state index is -2.79. The number of halogens is 1. The zero-order chi connectivity index (χ0) is 12.9. The molecule has 4 nitrogen and oxygen atoms in total. The molecule has 0 radical (unpaired) electrons. The largest absolute Gasteiger partial charge is 0.352 e. The molecule has 0 aliphatic carbocycles. The lowest BCUT2D eigenvalue weighted by molar-refractivity contribution is 0.502. The van der Waals surface area contributed by atoms with E-state index in [2.05, 4.69) is 5.32 Å². The molecule has 2 saturated heterocycles. The summed E-state index contributed by atoms with van der Waals surface area (Å²) >= 11 is 5.21. The zero-order valence-electron chi connectivity index (χ0n) is 9.38. The Morgan fingerprint density at radius 3 is 3.00 bits per heavy atom. The van der Waals surface area contributed by atoms with E-state index in [0.717, 1.165) is 0 Å². The number of anilines is 1. The fourth-order valence-electron chi connectivity index (χ4n) is 2.55. The lowest BCUT2D eigenvalue weighted by Crippen LogP contribution is -2.37. The van der Waals surface area contributed by atoms with Gasteiger partial charge in [-0.05, 0) is 30.4 Å². The van der Waals surface area contributed by atoms with Gasteiger partial charge in [-0.25, -0.2) is 4.39 Å². The summed E-state index contributed by atoms with van der Waals surface area (Å²) in [7, 11) is -2.79. The van der Waals surface area contributed by atoms with Crippen molar-refractivity contribution in [3.05, 3.63) is 30.1 Å². The summed E-state index contributed by atoms with van der Waals surface area (Å²) < 4.78 is 34.6. The smallest absolute Gasteiger partial charge is 0.218 e. The van der Waals surface area contributed by atoms with Crippen LogP contribution in [-0.2, 0) is 14.4 Å². The minimum absolute atomic E-state index is 0.127. The Morgan fingerprint density at radius 1 is 1.50 bits per heavy atom. The highest BCUT2D eigenvalue weighted by Crippen LogP contribution is 2.31. The third kappa shape index (κ3) is 1.92. The lowest BCUT2D eigenvalue weighted by Gasteiger charge is -2.22. The van der Waals surface area contributed by atoms with Crippen LogP contribution in [0.25, 0.3) is 0 Å². The average molecular weight is 287 g/mol. The van der Waals surface area contributed by atoms with Gasteiger partial charge in [0.2, 0.25) is 10.2 Å². The number of nitrogens with one attached hydrogen (secondary N) is 1. The van der Waals surface area contributed by atoms with Gasteiger partial charge in [0.05, 0.1) is 0 Å². The van der Waals surface area contributed by atoms with Gasteiger partial charge in [0.25, 0.3) is 0 Å². The second kappa shape index (κ2) is 3.97. The van der Waals surface area contributed by atoms with Crippen LogP contribution < -0.4 is 10.2 Å². The van der Waals surface area contributed by atoms with E-state index < -0.39 is 10.2 Å². The molecule has 1 aromatic carbocycles. The van der Waals surface area contributed by atoms with E-state index in [1.165, 1.54) is 12.1 Å². The first-order valence-electron chi connectivity index (χ1n) is 5.53. The van der Waals surface area contributed by atoms with Crippen LogP contribution in [0.5, 0.6) is 0 Å². The summed E-state index contributed by atoms with van der Waals surface area (Å²) in [5.74, 6) is 0.0202. The first-order chi connectivity index (χ1) is 8.46. The summed E-state index contributed by atoms with van der Waals surface area (Å²) in [5.41, 5.74) is 0.622. The molecule has 7 heteroatoms. The van der Waals surface area contributed by atoms with Gasteiger partial charge in [-0.1, -0.05) is 10.3 Å². The number of rotatable bonds is 1. The number of nitrogens with zero attached hydrogens (tertiary/aromatic N) is 1. The molecule has 3 rings (SSSR count). The Kier molecular flexibility index (Phi) is 2.65. The fraction of sp³-hybridized carbons (Fsp3) is 0.364. The van der Waals surface area contributed by atoms with Crippen molar-refractivity contribution >= 4 is 33.2 Å². The van der Waals surface area contributed by atoms with Gasteiger partial charge in [0, 0.05) is 5.69 Å². The van der Waals surface area contributed by atoms with Crippen LogP contribution >= 0.6 is 12.2 Å². The Balaban J connectivity index is 1.97. The molecular weight excluding hydrogens is 275 g/mol. The van der Waals surface area contributed by atoms with E-state index >= 15 is 0 Å². The molecule has 2 fully saturated rings. The van der Waals surface area contributed by atoms with Crippen molar-refractivity contribution in [2.45, 2.75) is 12.1 Å². The average Bonchev–Trinajstić information content (AvgIpc) is 2.68. The van der Waals surface area contributed by atoms with Crippen LogP contribution in [0.15, 0.2) is 24.3 Å². The Morgan fingerprint density at radius 2 is 2.28 bits per heavy atom. The highest BCUT2D eigenvalue weighted by molar-refractivity contribution is 7.98. The van der Waals surface area contributed by atoms with Crippen molar-refractivity contribution in [3.8, 4) is 0 Å². The van der Waals surface area contributed by atoms with E-state index in [4.69, 9.17) is 12.2 Å². The van der Waals surface area contributed by atoms with E-state index in [-0.39, 0.29) is 29.4 Å². The molecule has 0 spiro atoms. The lowest BCUT2D eigenvalue weighted by atomic mass is 10.1. The summed E-state index contributed by atoms with van der Waals surface area (Å²) in [6, 6.07) is 5.80. The first-order valence-corrected chi connectivity index (χ1v) is 7.80. The van der Waals surface area contributed by atoms with E-state index in [1.54, 1.807) is 17.0 Å². The van der Waals surface area contributed by atoms with Crippen LogP contribution in [0.2, 0.25) is 0 Å². The highest BCUT2D eigenvalue weighted by Gasteiger charge is 2.54. The van der Waals surface area contributed by atoms with Crippen molar-refractivity contribution in [2.75, 3.05) is 16.4 Å². The normalized spacial score (nSPS) is 34.6. The SMILES string of the molecule is O=[S+]1(O)C[C@@H]2NC(=S)N(c3cccc(F)c3)[C@H]2C1. The quantitative estimate of drug-likeness (QED) is 0.601. The molecule has 0 bridgehead atoms. The van der Waals surface area contributed by atoms with Gasteiger partial charge in [-0.3, -0.25) is 0 Å². The maximum absolute atomic E-state index is 13.2. The first kappa shape index (κ1) is 12.0. The van der Waals surface area contributed by atoms with Gasteiger partial charge in [-0.2, -0.15) is 4.55 Å². The molecule has 18 heavy (non-hydrogen) atoms. The third-order valence-electron chi connectivity index (χ3n) is 3.28. The second-order valence-corrected chi connectivity index (χ2v) is 7.18. The monoisotopic (exact) mass is 287 g/mol. The molecule has 2 N–H and O–H groups in total. The van der Waals surface area contributed by atoms with Crippen molar-refractivity contribution in [1.29, 1.82) is 0 Å². The molecule has 3 atom stereocenters. The minimum Gasteiger partial charge on any atom is -0.352 e. The van der Waals surface area contributed by atoms with Gasteiger partial charge in [0.1, 0.15) is 17.9 Å². The van der Waals surface area contributed by atoms with Gasteiger partial charge < -0.3 is 10.2 Å². The summed E-state index contributed by atoms with van der Waals surface area (Å²) in [4.78, 5) is 1.74. The van der Waals surface area contributed by atoms with Crippen molar-refractivity contribution in [3.63, 3.8) is 0 Å². The molecular formula is C11H12FN2O2S2+. The number of benzene rings is 1. The predicted molar refractivity (Wildman–Crippen MR) is 72.6 cm³/mol. The molecule has 2 aliphatic rings. The Hall–Kier alpha value is -1.05. The van der Waals surface area contributed by atoms with Crippen LogP contribution in [0.4, 0.5) is 10.1 Å². The van der Waals surface area contributed by atoms with Crippen molar-refractivity contribution in [2.24, 2.45) is 0 Å². The maximum Gasteiger partial charge on any atom is 0.218 e. The van der Waals surface area contributed by atoms with Crippen LogP contribution in [0.3, 0.4) is 0 Å². The molecule has 1 aromatic rings. The molecule has 1 unspecified atom stereocenters. The summed E-state index contributed by atoms with van der Waals surface area (Å²) in [5, 5.41) is 3.53.